The van der Waals surface area contributed by atoms with Crippen LogP contribution in [0.25, 0.3) is 0 Å². The van der Waals surface area contributed by atoms with Crippen molar-refractivity contribution in [1.82, 2.24) is 14.9 Å². The number of aromatic nitrogens is 2. The van der Waals surface area contributed by atoms with Gasteiger partial charge in [-0.05, 0) is 18.4 Å². The first-order valence-corrected chi connectivity index (χ1v) is 7.13. The van der Waals surface area contributed by atoms with Crippen molar-refractivity contribution in [3.05, 3.63) is 54.1 Å². The summed E-state index contributed by atoms with van der Waals surface area (Å²) in [5.41, 5.74) is 1.35. The van der Waals surface area contributed by atoms with E-state index in [0.29, 0.717) is 6.04 Å². The number of nitrogens with one attached hydrogen (secondary N) is 1. The molecule has 0 amide bonds. The number of rotatable bonds is 7. The van der Waals surface area contributed by atoms with Gasteiger partial charge in [-0.25, -0.2) is 4.98 Å². The quantitative estimate of drug-likeness (QED) is 0.822. The molecule has 0 spiro atoms. The van der Waals surface area contributed by atoms with Gasteiger partial charge in [0.25, 0.3) is 0 Å². The standard InChI is InChI=1S/C16H23N3/c1-3-11-19-12-10-17-16(19)13-18-15(4-2)14-8-6-5-7-9-14/h5-10,12,15,18H,3-4,11,13H2,1-2H3. The molecular formula is C16H23N3. The second-order valence-electron chi connectivity index (χ2n) is 4.79. The molecule has 0 saturated heterocycles. The third-order valence-electron chi connectivity index (χ3n) is 3.38. The van der Waals surface area contributed by atoms with E-state index >= 15 is 0 Å². The minimum absolute atomic E-state index is 0.396. The van der Waals surface area contributed by atoms with Gasteiger partial charge in [-0.2, -0.15) is 0 Å². The Bertz CT molecular complexity index is 476. The van der Waals surface area contributed by atoms with E-state index in [-0.39, 0.29) is 0 Å². The Hall–Kier alpha value is -1.61. The molecule has 1 heterocycles. The van der Waals surface area contributed by atoms with E-state index < -0.39 is 0 Å². The molecule has 0 radical (unpaired) electrons. The molecule has 0 aliphatic heterocycles. The smallest absolute Gasteiger partial charge is 0.122 e. The van der Waals surface area contributed by atoms with Gasteiger partial charge in [0.1, 0.15) is 5.82 Å². The first-order valence-electron chi connectivity index (χ1n) is 7.13. The van der Waals surface area contributed by atoms with Crippen molar-refractivity contribution in [1.29, 1.82) is 0 Å². The van der Waals surface area contributed by atoms with E-state index in [0.717, 1.165) is 31.8 Å². The molecule has 102 valence electrons. The molecule has 1 aromatic heterocycles. The molecule has 0 fully saturated rings. The lowest BCUT2D eigenvalue weighted by molar-refractivity contribution is 0.493. The Morgan fingerprint density at radius 2 is 2.00 bits per heavy atom. The minimum Gasteiger partial charge on any atom is -0.334 e. The van der Waals surface area contributed by atoms with Crippen LogP contribution >= 0.6 is 0 Å². The fourth-order valence-corrected chi connectivity index (χ4v) is 2.35. The van der Waals surface area contributed by atoms with Crippen molar-refractivity contribution in [2.24, 2.45) is 0 Å². The van der Waals surface area contributed by atoms with Crippen LogP contribution in [-0.2, 0) is 13.1 Å². The fraction of sp³-hybridized carbons (Fsp3) is 0.438. The summed E-state index contributed by atoms with van der Waals surface area (Å²) >= 11 is 0. The van der Waals surface area contributed by atoms with Crippen molar-refractivity contribution in [3.63, 3.8) is 0 Å². The van der Waals surface area contributed by atoms with E-state index in [4.69, 9.17) is 0 Å². The zero-order valence-electron chi connectivity index (χ0n) is 11.8. The van der Waals surface area contributed by atoms with Crippen molar-refractivity contribution in [2.75, 3.05) is 0 Å². The number of benzene rings is 1. The Morgan fingerprint density at radius 3 is 2.68 bits per heavy atom. The normalized spacial score (nSPS) is 12.5. The zero-order chi connectivity index (χ0) is 13.5. The number of hydrogen-bond acceptors (Lipinski definition) is 2. The molecule has 0 aliphatic rings. The monoisotopic (exact) mass is 257 g/mol. The Morgan fingerprint density at radius 1 is 1.21 bits per heavy atom. The lowest BCUT2D eigenvalue weighted by Gasteiger charge is -2.17. The lowest BCUT2D eigenvalue weighted by Crippen LogP contribution is -2.22. The number of imidazole rings is 1. The molecule has 2 rings (SSSR count). The molecule has 1 aromatic carbocycles. The van der Waals surface area contributed by atoms with Crippen molar-refractivity contribution in [2.45, 2.75) is 45.8 Å². The van der Waals surface area contributed by atoms with Crippen LogP contribution in [0.15, 0.2) is 42.7 Å². The molecular weight excluding hydrogens is 234 g/mol. The average Bonchev–Trinajstić information content (AvgIpc) is 2.89. The van der Waals surface area contributed by atoms with E-state index in [2.05, 4.69) is 65.2 Å². The summed E-state index contributed by atoms with van der Waals surface area (Å²) in [4.78, 5) is 4.44. The van der Waals surface area contributed by atoms with Crippen LogP contribution in [0.3, 0.4) is 0 Å². The SMILES string of the molecule is CCCn1ccnc1CNC(CC)c1ccccc1. The highest BCUT2D eigenvalue weighted by Gasteiger charge is 2.09. The number of aryl methyl sites for hydroxylation is 1. The molecule has 1 unspecified atom stereocenters. The van der Waals surface area contributed by atoms with Gasteiger partial charge >= 0.3 is 0 Å². The van der Waals surface area contributed by atoms with Gasteiger partial charge in [0.2, 0.25) is 0 Å². The first-order chi connectivity index (χ1) is 9.35. The van der Waals surface area contributed by atoms with E-state index in [1.165, 1.54) is 5.56 Å². The Labute approximate surface area is 115 Å². The lowest BCUT2D eigenvalue weighted by atomic mass is 10.0. The van der Waals surface area contributed by atoms with Crippen LogP contribution in [0.5, 0.6) is 0 Å². The Kier molecular flexibility index (Phi) is 5.16. The molecule has 1 N–H and O–H groups in total. The highest BCUT2D eigenvalue weighted by molar-refractivity contribution is 5.18. The molecule has 0 bridgehead atoms. The van der Waals surface area contributed by atoms with Crippen LogP contribution in [0.4, 0.5) is 0 Å². The maximum atomic E-state index is 4.44. The summed E-state index contributed by atoms with van der Waals surface area (Å²) in [6, 6.07) is 11.0. The van der Waals surface area contributed by atoms with E-state index in [9.17, 15) is 0 Å². The van der Waals surface area contributed by atoms with Gasteiger partial charge in [0.15, 0.2) is 0 Å². The molecule has 2 aromatic rings. The van der Waals surface area contributed by atoms with Gasteiger partial charge < -0.3 is 9.88 Å². The molecule has 19 heavy (non-hydrogen) atoms. The first kappa shape index (κ1) is 13.8. The summed E-state index contributed by atoms with van der Waals surface area (Å²) in [7, 11) is 0. The van der Waals surface area contributed by atoms with Gasteiger partial charge in [0, 0.05) is 25.0 Å². The van der Waals surface area contributed by atoms with Crippen molar-refractivity contribution < 1.29 is 0 Å². The molecule has 3 nitrogen and oxygen atoms in total. The predicted molar refractivity (Wildman–Crippen MR) is 78.8 cm³/mol. The third-order valence-corrected chi connectivity index (χ3v) is 3.38. The van der Waals surface area contributed by atoms with Gasteiger partial charge in [-0.1, -0.05) is 44.2 Å². The second kappa shape index (κ2) is 7.10. The number of nitrogens with zero attached hydrogens (tertiary/aromatic N) is 2. The zero-order valence-corrected chi connectivity index (χ0v) is 11.8. The number of hydrogen-bond donors (Lipinski definition) is 1. The van der Waals surface area contributed by atoms with Crippen molar-refractivity contribution >= 4 is 0 Å². The molecule has 0 saturated carbocycles. The maximum absolute atomic E-state index is 4.44. The second-order valence-corrected chi connectivity index (χ2v) is 4.79. The van der Waals surface area contributed by atoms with Crippen LogP contribution < -0.4 is 5.32 Å². The molecule has 1 atom stereocenters. The fourth-order valence-electron chi connectivity index (χ4n) is 2.35. The van der Waals surface area contributed by atoms with Gasteiger partial charge in [0.05, 0.1) is 6.54 Å². The highest BCUT2D eigenvalue weighted by atomic mass is 15.1. The third kappa shape index (κ3) is 3.67. The van der Waals surface area contributed by atoms with Crippen LogP contribution in [0, 0.1) is 0 Å². The average molecular weight is 257 g/mol. The Balaban J connectivity index is 1.98. The predicted octanol–water partition coefficient (Wildman–Crippen LogP) is 3.53. The summed E-state index contributed by atoms with van der Waals surface area (Å²) in [6.07, 6.45) is 6.16. The van der Waals surface area contributed by atoms with Crippen LogP contribution in [-0.4, -0.2) is 9.55 Å². The van der Waals surface area contributed by atoms with Crippen LogP contribution in [0.2, 0.25) is 0 Å². The van der Waals surface area contributed by atoms with Crippen LogP contribution in [0.1, 0.15) is 44.1 Å². The molecule has 3 heteroatoms. The minimum atomic E-state index is 0.396. The highest BCUT2D eigenvalue weighted by Crippen LogP contribution is 2.16. The summed E-state index contributed by atoms with van der Waals surface area (Å²) in [6.45, 7) is 6.26. The summed E-state index contributed by atoms with van der Waals surface area (Å²) < 4.78 is 2.23. The summed E-state index contributed by atoms with van der Waals surface area (Å²) in [5.74, 6) is 1.12. The topological polar surface area (TPSA) is 29.9 Å². The molecule has 0 aliphatic carbocycles. The van der Waals surface area contributed by atoms with Crippen molar-refractivity contribution in [3.8, 4) is 0 Å². The van der Waals surface area contributed by atoms with Gasteiger partial charge in [-0.15, -0.1) is 0 Å². The maximum Gasteiger partial charge on any atom is 0.122 e. The van der Waals surface area contributed by atoms with Gasteiger partial charge in [-0.3, -0.25) is 0 Å². The van der Waals surface area contributed by atoms with E-state index in [1.807, 2.05) is 6.20 Å². The summed E-state index contributed by atoms with van der Waals surface area (Å²) in [5, 5.41) is 3.60. The largest absolute Gasteiger partial charge is 0.334 e. The van der Waals surface area contributed by atoms with E-state index in [1.54, 1.807) is 0 Å².